The van der Waals surface area contributed by atoms with E-state index in [0.29, 0.717) is 0 Å². The molecule has 0 aromatic heterocycles. The maximum Gasteiger partial charge on any atom is 0.135 e. The van der Waals surface area contributed by atoms with Crippen molar-refractivity contribution in [1.29, 1.82) is 0 Å². The first-order valence-electron chi connectivity index (χ1n) is 5.69. The van der Waals surface area contributed by atoms with Crippen molar-refractivity contribution in [1.82, 2.24) is 5.32 Å². The lowest BCUT2D eigenvalue weighted by Crippen LogP contribution is -2.43. The topological polar surface area (TPSA) is 21.3 Å². The number of para-hydroxylation sites is 1. The lowest BCUT2D eigenvalue weighted by molar-refractivity contribution is 0.0553. The van der Waals surface area contributed by atoms with E-state index in [-0.39, 0.29) is 5.60 Å². The zero-order chi connectivity index (χ0) is 11.4. The average molecular weight is 215 g/mol. The van der Waals surface area contributed by atoms with Crippen LogP contribution in [0.25, 0.3) is 0 Å². The van der Waals surface area contributed by atoms with Crippen LogP contribution in [0.15, 0.2) is 24.3 Å². The van der Waals surface area contributed by atoms with Crippen LogP contribution in [0, 0.1) is 12.3 Å². The number of benzene rings is 1. The summed E-state index contributed by atoms with van der Waals surface area (Å²) in [6.45, 7) is 4.17. The van der Waals surface area contributed by atoms with Crippen LogP contribution in [0.5, 0.6) is 5.75 Å². The molecule has 1 aliphatic rings. The van der Waals surface area contributed by atoms with Crippen LogP contribution in [-0.4, -0.2) is 18.7 Å². The number of terminal acetylenes is 1. The van der Waals surface area contributed by atoms with E-state index in [1.54, 1.807) is 0 Å². The van der Waals surface area contributed by atoms with Crippen molar-refractivity contribution in [2.24, 2.45) is 0 Å². The Labute approximate surface area is 97.0 Å². The van der Waals surface area contributed by atoms with Crippen molar-refractivity contribution < 1.29 is 4.74 Å². The Bertz CT molecular complexity index is 399. The first kappa shape index (κ1) is 11.0. The molecule has 0 saturated carbocycles. The van der Waals surface area contributed by atoms with Crippen LogP contribution in [0.4, 0.5) is 0 Å². The van der Waals surface area contributed by atoms with Crippen LogP contribution in [0.3, 0.4) is 0 Å². The van der Waals surface area contributed by atoms with Gasteiger partial charge in [0.15, 0.2) is 0 Å². The highest BCUT2D eigenvalue weighted by molar-refractivity contribution is 5.44. The number of hydrogen-bond acceptors (Lipinski definition) is 2. The monoisotopic (exact) mass is 215 g/mol. The van der Waals surface area contributed by atoms with Gasteiger partial charge in [-0.3, -0.25) is 0 Å². The molecule has 84 valence electrons. The second-order valence-electron chi connectivity index (χ2n) is 4.44. The first-order valence-corrected chi connectivity index (χ1v) is 5.69. The third-order valence-electron chi connectivity index (χ3n) is 3.06. The molecule has 1 saturated heterocycles. The summed E-state index contributed by atoms with van der Waals surface area (Å²) in [5.41, 5.74) is 0.750. The Morgan fingerprint density at radius 1 is 1.31 bits per heavy atom. The molecule has 0 atom stereocenters. The standard InChI is InChI=1S/C14H17NO/c1-3-12-6-4-5-7-13(12)16-14(2)8-10-15-11-9-14/h1,4-7,15H,8-11H2,2H3. The molecular formula is C14H17NO. The minimum atomic E-state index is -0.0851. The van der Waals surface area contributed by atoms with Gasteiger partial charge in [-0.15, -0.1) is 6.42 Å². The Morgan fingerprint density at radius 2 is 2.00 bits per heavy atom. The predicted octanol–water partition coefficient (Wildman–Crippen LogP) is 2.19. The molecule has 1 aliphatic heterocycles. The molecular weight excluding hydrogens is 198 g/mol. The van der Waals surface area contributed by atoms with Crippen molar-refractivity contribution >= 4 is 0 Å². The smallest absolute Gasteiger partial charge is 0.135 e. The van der Waals surface area contributed by atoms with Gasteiger partial charge >= 0.3 is 0 Å². The van der Waals surface area contributed by atoms with Gasteiger partial charge in [0.2, 0.25) is 0 Å². The van der Waals surface area contributed by atoms with Gasteiger partial charge in [0.1, 0.15) is 11.4 Å². The highest BCUT2D eigenvalue weighted by atomic mass is 16.5. The Balaban J connectivity index is 2.16. The summed E-state index contributed by atoms with van der Waals surface area (Å²) in [4.78, 5) is 0. The van der Waals surface area contributed by atoms with E-state index < -0.39 is 0 Å². The zero-order valence-electron chi connectivity index (χ0n) is 9.62. The summed E-state index contributed by atoms with van der Waals surface area (Å²) in [5.74, 6) is 3.49. The Hall–Kier alpha value is -1.46. The van der Waals surface area contributed by atoms with Gasteiger partial charge in [-0.25, -0.2) is 0 Å². The minimum absolute atomic E-state index is 0.0851. The number of piperidine rings is 1. The summed E-state index contributed by atoms with van der Waals surface area (Å²) in [7, 11) is 0. The van der Waals surface area contributed by atoms with Gasteiger partial charge in [0.25, 0.3) is 0 Å². The predicted molar refractivity (Wildman–Crippen MR) is 65.5 cm³/mol. The van der Waals surface area contributed by atoms with Crippen LogP contribution in [0.2, 0.25) is 0 Å². The molecule has 0 spiro atoms. The molecule has 2 heteroatoms. The molecule has 0 unspecified atom stereocenters. The maximum absolute atomic E-state index is 6.08. The zero-order valence-corrected chi connectivity index (χ0v) is 9.62. The molecule has 2 rings (SSSR count). The van der Waals surface area contributed by atoms with Crippen molar-refractivity contribution in [3.8, 4) is 18.1 Å². The molecule has 1 aromatic rings. The first-order chi connectivity index (χ1) is 7.73. The summed E-state index contributed by atoms with van der Waals surface area (Å²) in [6.07, 6.45) is 7.50. The fourth-order valence-corrected chi connectivity index (χ4v) is 2.00. The van der Waals surface area contributed by atoms with Crippen molar-refractivity contribution in [3.05, 3.63) is 29.8 Å². The minimum Gasteiger partial charge on any atom is -0.486 e. The molecule has 1 heterocycles. The highest BCUT2D eigenvalue weighted by Crippen LogP contribution is 2.28. The molecule has 1 fully saturated rings. The quantitative estimate of drug-likeness (QED) is 0.764. The van der Waals surface area contributed by atoms with E-state index in [4.69, 9.17) is 11.2 Å². The molecule has 1 aromatic carbocycles. The average Bonchev–Trinajstić information content (AvgIpc) is 2.30. The van der Waals surface area contributed by atoms with Crippen molar-refractivity contribution in [2.75, 3.05) is 13.1 Å². The van der Waals surface area contributed by atoms with E-state index in [1.807, 2.05) is 24.3 Å². The fourth-order valence-electron chi connectivity index (χ4n) is 2.00. The maximum atomic E-state index is 6.08. The number of nitrogens with one attached hydrogen (secondary N) is 1. The van der Waals surface area contributed by atoms with Gasteiger partial charge in [-0.1, -0.05) is 18.1 Å². The highest BCUT2D eigenvalue weighted by Gasteiger charge is 2.29. The van der Waals surface area contributed by atoms with Gasteiger partial charge in [-0.2, -0.15) is 0 Å². The van der Waals surface area contributed by atoms with Crippen molar-refractivity contribution in [2.45, 2.75) is 25.4 Å². The number of hydrogen-bond donors (Lipinski definition) is 1. The fraction of sp³-hybridized carbons (Fsp3) is 0.429. The Morgan fingerprint density at radius 3 is 2.69 bits per heavy atom. The third-order valence-corrected chi connectivity index (χ3v) is 3.06. The molecule has 0 radical (unpaired) electrons. The lowest BCUT2D eigenvalue weighted by Gasteiger charge is -2.35. The van der Waals surface area contributed by atoms with Gasteiger partial charge in [-0.05, 0) is 45.0 Å². The van der Waals surface area contributed by atoms with Crippen molar-refractivity contribution in [3.63, 3.8) is 0 Å². The molecule has 0 bridgehead atoms. The number of ether oxygens (including phenoxy) is 1. The van der Waals surface area contributed by atoms with E-state index in [1.165, 1.54) is 0 Å². The number of rotatable bonds is 2. The van der Waals surface area contributed by atoms with E-state index in [2.05, 4.69) is 18.2 Å². The van der Waals surface area contributed by atoms with Crippen LogP contribution in [-0.2, 0) is 0 Å². The third kappa shape index (κ3) is 2.37. The largest absolute Gasteiger partial charge is 0.486 e. The van der Waals surface area contributed by atoms with Crippen LogP contribution < -0.4 is 10.1 Å². The van der Waals surface area contributed by atoms with Crippen LogP contribution in [0.1, 0.15) is 25.3 Å². The second-order valence-corrected chi connectivity index (χ2v) is 4.44. The normalized spacial score (nSPS) is 18.8. The molecule has 16 heavy (non-hydrogen) atoms. The summed E-state index contributed by atoms with van der Waals surface area (Å²) >= 11 is 0. The Kier molecular flexibility index (Phi) is 3.17. The molecule has 0 aliphatic carbocycles. The summed E-state index contributed by atoms with van der Waals surface area (Å²) in [6, 6.07) is 7.76. The van der Waals surface area contributed by atoms with E-state index in [0.717, 1.165) is 37.2 Å². The van der Waals surface area contributed by atoms with Gasteiger partial charge in [0.05, 0.1) is 5.56 Å². The van der Waals surface area contributed by atoms with E-state index in [9.17, 15) is 0 Å². The molecule has 2 nitrogen and oxygen atoms in total. The molecule has 1 N–H and O–H groups in total. The summed E-state index contributed by atoms with van der Waals surface area (Å²) < 4.78 is 6.08. The summed E-state index contributed by atoms with van der Waals surface area (Å²) in [5, 5.41) is 3.33. The molecule has 0 amide bonds. The van der Waals surface area contributed by atoms with E-state index >= 15 is 0 Å². The van der Waals surface area contributed by atoms with Crippen LogP contribution >= 0.6 is 0 Å². The second kappa shape index (κ2) is 4.59. The SMILES string of the molecule is C#Cc1ccccc1OC1(C)CCNCC1. The van der Waals surface area contributed by atoms with Gasteiger partial charge in [0, 0.05) is 0 Å². The van der Waals surface area contributed by atoms with Gasteiger partial charge < -0.3 is 10.1 Å². The lowest BCUT2D eigenvalue weighted by atomic mass is 9.94.